The number of carboxylic acid groups (broad SMARTS) is 1. The molecule has 0 aliphatic rings. The van der Waals surface area contributed by atoms with Crippen LogP contribution in [0.5, 0.6) is 0 Å². The molecule has 1 N–H and O–H groups in total. The molecule has 0 amide bonds. The highest BCUT2D eigenvalue weighted by Crippen LogP contribution is 2.36. The lowest BCUT2D eigenvalue weighted by molar-refractivity contribution is -0.137. The Kier molecular flexibility index (Phi) is 4.91. The maximum atomic E-state index is 13.7. The van der Waals surface area contributed by atoms with Crippen molar-refractivity contribution in [3.05, 3.63) is 34.9 Å². The van der Waals surface area contributed by atoms with Gasteiger partial charge in [0.25, 0.3) is 5.92 Å². The molecular formula is C13H14F4O2. The Labute approximate surface area is 108 Å². The average molecular weight is 278 g/mol. The molecular weight excluding hydrogens is 264 g/mol. The molecule has 0 saturated carbocycles. The Morgan fingerprint density at radius 1 is 1.21 bits per heavy atom. The number of alkyl halides is 2. The van der Waals surface area contributed by atoms with E-state index in [-0.39, 0.29) is 24.8 Å². The molecule has 19 heavy (non-hydrogen) atoms. The van der Waals surface area contributed by atoms with E-state index in [1.54, 1.807) is 0 Å². The fourth-order valence-corrected chi connectivity index (χ4v) is 1.70. The van der Waals surface area contributed by atoms with Gasteiger partial charge in [-0.05, 0) is 31.4 Å². The maximum absolute atomic E-state index is 13.7. The summed E-state index contributed by atoms with van der Waals surface area (Å²) in [7, 11) is 0. The third kappa shape index (κ3) is 4.22. The minimum Gasteiger partial charge on any atom is -0.481 e. The number of carboxylic acids is 1. The highest BCUT2D eigenvalue weighted by molar-refractivity contribution is 5.66. The zero-order valence-corrected chi connectivity index (χ0v) is 10.4. The van der Waals surface area contributed by atoms with Gasteiger partial charge in [-0.25, -0.2) is 17.6 Å². The molecule has 2 nitrogen and oxygen atoms in total. The van der Waals surface area contributed by atoms with Crippen LogP contribution in [-0.2, 0) is 10.7 Å². The van der Waals surface area contributed by atoms with E-state index in [1.807, 2.05) is 0 Å². The predicted molar refractivity (Wildman–Crippen MR) is 61.1 cm³/mol. The standard InChI is InChI=1S/C13H14F4O2/c1-8-6-9(11(15)7-10(8)14)13(16,17)5-3-2-4-12(18)19/h6-7H,2-5H2,1H3,(H,18,19). The number of hydrogen-bond acceptors (Lipinski definition) is 1. The van der Waals surface area contributed by atoms with Crippen molar-refractivity contribution in [1.29, 1.82) is 0 Å². The fraction of sp³-hybridized carbons (Fsp3) is 0.462. The predicted octanol–water partition coefficient (Wildman–Crippen LogP) is 4.01. The molecule has 0 saturated heterocycles. The number of halogens is 4. The first-order chi connectivity index (χ1) is 8.74. The first kappa shape index (κ1) is 15.5. The van der Waals surface area contributed by atoms with E-state index in [9.17, 15) is 22.4 Å². The molecule has 0 atom stereocenters. The van der Waals surface area contributed by atoms with Crippen LogP contribution in [0.4, 0.5) is 17.6 Å². The number of benzene rings is 1. The summed E-state index contributed by atoms with van der Waals surface area (Å²) in [6.07, 6.45) is -0.828. The van der Waals surface area contributed by atoms with Crippen LogP contribution >= 0.6 is 0 Å². The first-order valence-electron chi connectivity index (χ1n) is 5.80. The van der Waals surface area contributed by atoms with E-state index in [2.05, 4.69) is 0 Å². The van der Waals surface area contributed by atoms with Crippen molar-refractivity contribution in [3.63, 3.8) is 0 Å². The summed E-state index contributed by atoms with van der Waals surface area (Å²) in [5, 5.41) is 8.38. The first-order valence-corrected chi connectivity index (χ1v) is 5.80. The Morgan fingerprint density at radius 2 is 1.84 bits per heavy atom. The van der Waals surface area contributed by atoms with Gasteiger partial charge in [0.2, 0.25) is 0 Å². The molecule has 1 aromatic carbocycles. The van der Waals surface area contributed by atoms with E-state index in [0.29, 0.717) is 6.07 Å². The highest BCUT2D eigenvalue weighted by atomic mass is 19.3. The molecule has 1 aromatic rings. The molecule has 0 aliphatic carbocycles. The number of carbonyl (C=O) groups is 1. The Hall–Kier alpha value is -1.59. The van der Waals surface area contributed by atoms with Gasteiger partial charge in [0.1, 0.15) is 11.6 Å². The zero-order chi connectivity index (χ0) is 14.6. The van der Waals surface area contributed by atoms with Gasteiger partial charge in [0, 0.05) is 18.9 Å². The quantitative estimate of drug-likeness (QED) is 0.630. The molecule has 0 spiro atoms. The minimum atomic E-state index is -3.43. The van der Waals surface area contributed by atoms with Crippen LogP contribution in [0.1, 0.15) is 36.8 Å². The van der Waals surface area contributed by atoms with Crippen LogP contribution in [0.2, 0.25) is 0 Å². The van der Waals surface area contributed by atoms with Gasteiger partial charge < -0.3 is 5.11 Å². The Balaban J connectivity index is 2.76. The number of rotatable bonds is 6. The Bertz CT molecular complexity index is 472. The lowest BCUT2D eigenvalue weighted by atomic mass is 9.99. The van der Waals surface area contributed by atoms with Gasteiger partial charge in [-0.2, -0.15) is 0 Å². The largest absolute Gasteiger partial charge is 0.481 e. The highest BCUT2D eigenvalue weighted by Gasteiger charge is 2.34. The maximum Gasteiger partial charge on any atom is 0.303 e. The molecule has 0 radical (unpaired) electrons. The summed E-state index contributed by atoms with van der Waals surface area (Å²) in [4.78, 5) is 10.2. The fourth-order valence-electron chi connectivity index (χ4n) is 1.70. The number of aliphatic carboxylic acids is 1. The van der Waals surface area contributed by atoms with E-state index >= 15 is 0 Å². The third-order valence-corrected chi connectivity index (χ3v) is 2.77. The molecule has 0 bridgehead atoms. The van der Waals surface area contributed by atoms with Crippen LogP contribution < -0.4 is 0 Å². The van der Waals surface area contributed by atoms with E-state index in [1.165, 1.54) is 6.92 Å². The summed E-state index contributed by atoms with van der Waals surface area (Å²) in [5.74, 6) is -6.65. The van der Waals surface area contributed by atoms with E-state index in [4.69, 9.17) is 5.11 Å². The van der Waals surface area contributed by atoms with Crippen molar-refractivity contribution in [2.24, 2.45) is 0 Å². The van der Waals surface area contributed by atoms with Crippen LogP contribution in [-0.4, -0.2) is 11.1 Å². The van der Waals surface area contributed by atoms with Crippen molar-refractivity contribution < 1.29 is 27.5 Å². The van der Waals surface area contributed by atoms with Crippen LogP contribution in [0, 0.1) is 18.6 Å². The second-order valence-electron chi connectivity index (χ2n) is 4.39. The molecule has 0 unspecified atom stereocenters. The molecule has 1 rings (SSSR count). The van der Waals surface area contributed by atoms with Crippen molar-refractivity contribution in [2.45, 2.75) is 38.5 Å². The lowest BCUT2D eigenvalue weighted by Crippen LogP contribution is -2.16. The smallest absolute Gasteiger partial charge is 0.303 e. The van der Waals surface area contributed by atoms with Crippen LogP contribution in [0.25, 0.3) is 0 Å². The molecule has 0 aromatic heterocycles. The van der Waals surface area contributed by atoms with E-state index in [0.717, 1.165) is 6.07 Å². The SMILES string of the molecule is Cc1cc(C(F)(F)CCCCC(=O)O)c(F)cc1F. The van der Waals surface area contributed by atoms with Crippen molar-refractivity contribution >= 4 is 5.97 Å². The topological polar surface area (TPSA) is 37.3 Å². The van der Waals surface area contributed by atoms with Crippen LogP contribution in [0.3, 0.4) is 0 Å². The van der Waals surface area contributed by atoms with Gasteiger partial charge in [-0.3, -0.25) is 4.79 Å². The number of hydrogen-bond donors (Lipinski definition) is 1. The van der Waals surface area contributed by atoms with Crippen molar-refractivity contribution in [1.82, 2.24) is 0 Å². The second kappa shape index (κ2) is 6.04. The molecule has 0 aliphatic heterocycles. The zero-order valence-electron chi connectivity index (χ0n) is 10.4. The Morgan fingerprint density at radius 3 is 2.42 bits per heavy atom. The van der Waals surface area contributed by atoms with Crippen molar-refractivity contribution in [2.75, 3.05) is 0 Å². The van der Waals surface area contributed by atoms with Gasteiger partial charge >= 0.3 is 5.97 Å². The van der Waals surface area contributed by atoms with Crippen molar-refractivity contribution in [3.8, 4) is 0 Å². The van der Waals surface area contributed by atoms with Gasteiger partial charge in [-0.15, -0.1) is 0 Å². The summed E-state index contributed by atoms with van der Waals surface area (Å²) in [5.41, 5.74) is -0.900. The summed E-state index contributed by atoms with van der Waals surface area (Å²) in [6.45, 7) is 1.28. The summed E-state index contributed by atoms with van der Waals surface area (Å²) in [6, 6.07) is 1.23. The third-order valence-electron chi connectivity index (χ3n) is 2.77. The summed E-state index contributed by atoms with van der Waals surface area (Å²) >= 11 is 0. The van der Waals surface area contributed by atoms with E-state index < -0.39 is 35.5 Å². The van der Waals surface area contributed by atoms with Crippen LogP contribution in [0.15, 0.2) is 12.1 Å². The number of aryl methyl sites for hydroxylation is 1. The number of unbranched alkanes of at least 4 members (excludes halogenated alkanes) is 1. The molecule has 106 valence electrons. The lowest BCUT2D eigenvalue weighted by Gasteiger charge is -2.18. The van der Waals surface area contributed by atoms with Gasteiger partial charge in [0.05, 0.1) is 5.56 Å². The molecule has 0 heterocycles. The van der Waals surface area contributed by atoms with Gasteiger partial charge in [0.15, 0.2) is 0 Å². The second-order valence-corrected chi connectivity index (χ2v) is 4.39. The molecule has 6 heteroatoms. The normalized spacial score (nSPS) is 11.6. The minimum absolute atomic E-state index is 0.0465. The van der Waals surface area contributed by atoms with Gasteiger partial charge in [-0.1, -0.05) is 0 Å². The monoisotopic (exact) mass is 278 g/mol. The summed E-state index contributed by atoms with van der Waals surface area (Å²) < 4.78 is 53.8. The average Bonchev–Trinajstić information content (AvgIpc) is 2.29. The molecule has 0 fully saturated rings.